The van der Waals surface area contributed by atoms with Gasteiger partial charge in [-0.3, -0.25) is 4.79 Å². The minimum absolute atomic E-state index is 0.0102. The number of amides is 1. The highest BCUT2D eigenvalue weighted by atomic mass is 16.5. The number of carbonyl (C=O) groups is 1. The maximum absolute atomic E-state index is 12.3. The summed E-state index contributed by atoms with van der Waals surface area (Å²) < 4.78 is 10.3. The van der Waals surface area contributed by atoms with Crippen LogP contribution in [0.15, 0.2) is 34.9 Å². The number of methoxy groups -OCH3 is 1. The van der Waals surface area contributed by atoms with Crippen LogP contribution in [-0.2, 0) is 0 Å². The first-order chi connectivity index (χ1) is 10.7. The van der Waals surface area contributed by atoms with Crippen LogP contribution in [0.1, 0.15) is 10.5 Å². The Balaban J connectivity index is 1.66. The summed E-state index contributed by atoms with van der Waals surface area (Å²) in [6.45, 7) is 2.70. The van der Waals surface area contributed by atoms with Gasteiger partial charge in [0.2, 0.25) is 0 Å². The molecular formula is C15H18N4O3. The third-order valence-electron chi connectivity index (χ3n) is 3.73. The molecule has 2 heterocycles. The SMILES string of the molecule is COc1ccccc1N1CCN(C(=O)c2coc(N)n2)CC1. The number of oxazole rings is 1. The number of benzene rings is 1. The molecule has 1 aliphatic rings. The largest absolute Gasteiger partial charge is 0.495 e. The monoisotopic (exact) mass is 302 g/mol. The lowest BCUT2D eigenvalue weighted by Gasteiger charge is -2.36. The summed E-state index contributed by atoms with van der Waals surface area (Å²) in [7, 11) is 1.66. The highest BCUT2D eigenvalue weighted by Crippen LogP contribution is 2.28. The average molecular weight is 302 g/mol. The Hall–Kier alpha value is -2.70. The first-order valence-electron chi connectivity index (χ1n) is 7.07. The molecule has 1 amide bonds. The van der Waals surface area contributed by atoms with E-state index in [-0.39, 0.29) is 17.6 Å². The van der Waals surface area contributed by atoms with E-state index in [1.807, 2.05) is 24.3 Å². The van der Waals surface area contributed by atoms with Crippen LogP contribution in [0.2, 0.25) is 0 Å². The first kappa shape index (κ1) is 14.2. The normalized spacial score (nSPS) is 15.0. The van der Waals surface area contributed by atoms with Crippen LogP contribution in [0.4, 0.5) is 11.7 Å². The molecule has 0 aliphatic carbocycles. The van der Waals surface area contributed by atoms with Gasteiger partial charge in [0.05, 0.1) is 12.8 Å². The molecule has 0 spiro atoms. The fraction of sp³-hybridized carbons (Fsp3) is 0.333. The Morgan fingerprint density at radius 1 is 1.27 bits per heavy atom. The van der Waals surface area contributed by atoms with Crippen LogP contribution in [0, 0.1) is 0 Å². The lowest BCUT2D eigenvalue weighted by atomic mass is 10.2. The van der Waals surface area contributed by atoms with Gasteiger partial charge in [0.15, 0.2) is 5.69 Å². The Kier molecular flexibility index (Phi) is 3.86. The topological polar surface area (TPSA) is 84.8 Å². The lowest BCUT2D eigenvalue weighted by Crippen LogP contribution is -2.49. The molecule has 1 aromatic carbocycles. The van der Waals surface area contributed by atoms with Gasteiger partial charge in [0, 0.05) is 26.2 Å². The number of hydrogen-bond donors (Lipinski definition) is 1. The van der Waals surface area contributed by atoms with Crippen molar-refractivity contribution in [2.24, 2.45) is 0 Å². The number of ether oxygens (including phenoxy) is 1. The molecule has 7 heteroatoms. The van der Waals surface area contributed by atoms with Gasteiger partial charge in [-0.2, -0.15) is 4.98 Å². The highest BCUT2D eigenvalue weighted by molar-refractivity contribution is 5.92. The fourth-order valence-electron chi connectivity index (χ4n) is 2.59. The molecule has 3 rings (SSSR count). The van der Waals surface area contributed by atoms with E-state index in [4.69, 9.17) is 14.9 Å². The van der Waals surface area contributed by atoms with E-state index in [9.17, 15) is 4.79 Å². The van der Waals surface area contributed by atoms with E-state index < -0.39 is 0 Å². The van der Waals surface area contributed by atoms with E-state index in [0.29, 0.717) is 13.1 Å². The second kappa shape index (κ2) is 5.97. The minimum Gasteiger partial charge on any atom is -0.495 e. The number of para-hydroxylation sites is 2. The molecule has 0 bridgehead atoms. The second-order valence-corrected chi connectivity index (χ2v) is 5.02. The molecule has 2 N–H and O–H groups in total. The van der Waals surface area contributed by atoms with Crippen molar-refractivity contribution in [3.05, 3.63) is 36.2 Å². The zero-order valence-corrected chi connectivity index (χ0v) is 12.4. The summed E-state index contributed by atoms with van der Waals surface area (Å²) in [5.41, 5.74) is 6.70. The number of aromatic nitrogens is 1. The van der Waals surface area contributed by atoms with Crippen molar-refractivity contribution in [2.75, 3.05) is 43.9 Å². The van der Waals surface area contributed by atoms with E-state index >= 15 is 0 Å². The number of piperazine rings is 1. The molecule has 0 saturated carbocycles. The number of hydrogen-bond acceptors (Lipinski definition) is 6. The second-order valence-electron chi connectivity index (χ2n) is 5.02. The summed E-state index contributed by atoms with van der Waals surface area (Å²) in [5.74, 6) is 0.687. The molecule has 0 radical (unpaired) electrons. The van der Waals surface area contributed by atoms with Gasteiger partial charge in [-0.1, -0.05) is 12.1 Å². The summed E-state index contributed by atoms with van der Waals surface area (Å²) in [5, 5.41) is 0. The van der Waals surface area contributed by atoms with Gasteiger partial charge in [0.1, 0.15) is 12.0 Å². The number of anilines is 2. The molecule has 2 aromatic rings. The standard InChI is InChI=1S/C15H18N4O3/c1-21-13-5-3-2-4-12(13)18-6-8-19(9-7-18)14(20)11-10-22-15(16)17-11/h2-5,10H,6-9H2,1H3,(H2,16,17). The maximum atomic E-state index is 12.3. The minimum atomic E-state index is -0.153. The van der Waals surface area contributed by atoms with E-state index in [2.05, 4.69) is 9.88 Å². The Morgan fingerprint density at radius 3 is 2.64 bits per heavy atom. The zero-order chi connectivity index (χ0) is 15.5. The van der Waals surface area contributed by atoms with E-state index in [1.54, 1.807) is 12.0 Å². The van der Waals surface area contributed by atoms with Crippen molar-refractivity contribution in [1.82, 2.24) is 9.88 Å². The number of rotatable bonds is 3. The Morgan fingerprint density at radius 2 is 2.00 bits per heavy atom. The van der Waals surface area contributed by atoms with Crippen LogP contribution in [0.25, 0.3) is 0 Å². The molecule has 1 saturated heterocycles. The van der Waals surface area contributed by atoms with Crippen molar-refractivity contribution < 1.29 is 13.9 Å². The molecule has 116 valence electrons. The molecule has 0 unspecified atom stereocenters. The lowest BCUT2D eigenvalue weighted by molar-refractivity contribution is 0.0741. The zero-order valence-electron chi connectivity index (χ0n) is 12.4. The predicted molar refractivity (Wildman–Crippen MR) is 82.0 cm³/mol. The summed E-state index contributed by atoms with van der Waals surface area (Å²) in [6, 6.07) is 7.89. The van der Waals surface area contributed by atoms with Gasteiger partial charge >= 0.3 is 0 Å². The van der Waals surface area contributed by atoms with Crippen LogP contribution < -0.4 is 15.4 Å². The maximum Gasteiger partial charge on any atom is 0.292 e. The van der Waals surface area contributed by atoms with Crippen molar-refractivity contribution >= 4 is 17.6 Å². The molecular weight excluding hydrogens is 284 g/mol. The molecule has 0 atom stereocenters. The number of nitrogens with two attached hydrogens (primary N) is 1. The Bertz CT molecular complexity index is 662. The fourth-order valence-corrected chi connectivity index (χ4v) is 2.59. The predicted octanol–water partition coefficient (Wildman–Crippen LogP) is 1.23. The van der Waals surface area contributed by atoms with Gasteiger partial charge < -0.3 is 24.7 Å². The molecule has 1 fully saturated rings. The van der Waals surface area contributed by atoms with E-state index in [1.165, 1.54) is 6.26 Å². The quantitative estimate of drug-likeness (QED) is 0.918. The van der Waals surface area contributed by atoms with Gasteiger partial charge in [-0.15, -0.1) is 0 Å². The van der Waals surface area contributed by atoms with Crippen molar-refractivity contribution in [1.29, 1.82) is 0 Å². The molecule has 1 aliphatic heterocycles. The summed E-state index contributed by atoms with van der Waals surface area (Å²) in [4.78, 5) is 20.1. The van der Waals surface area contributed by atoms with Gasteiger partial charge in [-0.25, -0.2) is 0 Å². The van der Waals surface area contributed by atoms with Gasteiger partial charge in [0.25, 0.3) is 11.9 Å². The summed E-state index contributed by atoms with van der Waals surface area (Å²) >= 11 is 0. The number of carbonyl (C=O) groups excluding carboxylic acids is 1. The first-order valence-corrected chi connectivity index (χ1v) is 7.07. The average Bonchev–Trinajstić information content (AvgIpc) is 3.01. The van der Waals surface area contributed by atoms with Crippen LogP contribution in [-0.4, -0.2) is 49.1 Å². The smallest absolute Gasteiger partial charge is 0.292 e. The third-order valence-corrected chi connectivity index (χ3v) is 3.73. The Labute approximate surface area is 128 Å². The number of nitrogens with zero attached hydrogens (tertiary/aromatic N) is 3. The van der Waals surface area contributed by atoms with Crippen LogP contribution >= 0.6 is 0 Å². The van der Waals surface area contributed by atoms with Gasteiger partial charge in [-0.05, 0) is 12.1 Å². The van der Waals surface area contributed by atoms with Crippen LogP contribution in [0.3, 0.4) is 0 Å². The molecule has 22 heavy (non-hydrogen) atoms. The third kappa shape index (κ3) is 2.69. The summed E-state index contributed by atoms with van der Waals surface area (Å²) in [6.07, 6.45) is 1.30. The van der Waals surface area contributed by atoms with Crippen molar-refractivity contribution in [2.45, 2.75) is 0 Å². The van der Waals surface area contributed by atoms with Crippen molar-refractivity contribution in [3.63, 3.8) is 0 Å². The number of nitrogen functional groups attached to an aromatic ring is 1. The van der Waals surface area contributed by atoms with Crippen LogP contribution in [0.5, 0.6) is 5.75 Å². The highest BCUT2D eigenvalue weighted by Gasteiger charge is 2.25. The molecule has 7 nitrogen and oxygen atoms in total. The molecule has 1 aromatic heterocycles. The van der Waals surface area contributed by atoms with Crippen molar-refractivity contribution in [3.8, 4) is 5.75 Å². The van der Waals surface area contributed by atoms with E-state index in [0.717, 1.165) is 24.5 Å².